The van der Waals surface area contributed by atoms with E-state index in [1.165, 1.54) is 58.2 Å². The second kappa shape index (κ2) is 27.2. The Morgan fingerprint density at radius 2 is 1.12 bits per heavy atom. The number of anilines is 2. The van der Waals surface area contributed by atoms with Crippen LogP contribution < -0.4 is 20.1 Å². The van der Waals surface area contributed by atoms with Crippen molar-refractivity contribution in [1.29, 1.82) is 5.26 Å². The Morgan fingerprint density at radius 3 is 1.56 bits per heavy atom. The number of aromatic nitrogens is 8. The van der Waals surface area contributed by atoms with E-state index in [9.17, 15) is 29.1 Å². The number of rotatable bonds is 31. The molecule has 2 amide bonds. The van der Waals surface area contributed by atoms with Crippen molar-refractivity contribution in [3.8, 4) is 17.8 Å². The molecular formula is C45H57N11O17P2. The van der Waals surface area contributed by atoms with Crippen molar-refractivity contribution in [2.75, 3.05) is 70.1 Å². The third kappa shape index (κ3) is 14.4. The smallest absolute Gasteiger partial charge is 0.472 e. The Kier molecular flexibility index (Phi) is 20.8. The van der Waals surface area contributed by atoms with Gasteiger partial charge >= 0.3 is 27.8 Å². The monoisotopic (exact) mass is 1090 g/mol. The normalized spacial score (nSPS) is 22.7. The summed E-state index contributed by atoms with van der Waals surface area (Å²) < 4.78 is 102. The number of imidazole rings is 2. The first-order chi connectivity index (χ1) is 36.2. The van der Waals surface area contributed by atoms with E-state index in [-0.39, 0.29) is 98.7 Å². The molecule has 404 valence electrons. The van der Waals surface area contributed by atoms with E-state index in [2.05, 4.69) is 80.0 Å². The molecular weight excluding hydrogens is 1030 g/mol. The highest BCUT2D eigenvalue weighted by Gasteiger charge is 2.52. The van der Waals surface area contributed by atoms with Gasteiger partial charge in [0.2, 0.25) is 23.7 Å². The van der Waals surface area contributed by atoms with Crippen LogP contribution in [-0.4, -0.2) is 140 Å². The van der Waals surface area contributed by atoms with Crippen molar-refractivity contribution in [1.82, 2.24) is 39.0 Å². The number of nitriles is 1. The maximum Gasteiger partial charge on any atom is 0.475 e. The molecule has 2 aliphatic rings. The van der Waals surface area contributed by atoms with Crippen molar-refractivity contribution in [3.05, 3.63) is 88.6 Å². The first-order valence-corrected chi connectivity index (χ1v) is 25.8. The predicted octanol–water partition coefficient (Wildman–Crippen LogP) is 6.66. The van der Waals surface area contributed by atoms with Crippen molar-refractivity contribution in [3.63, 3.8) is 0 Å². The molecule has 4 aromatic heterocycles. The molecule has 0 aliphatic carbocycles. The first kappa shape index (κ1) is 57.5. The summed E-state index contributed by atoms with van der Waals surface area (Å²) in [5.41, 5.74) is 0.500. The van der Waals surface area contributed by atoms with Gasteiger partial charge in [0.1, 0.15) is 63.3 Å². The maximum absolute atomic E-state index is 14.9. The summed E-state index contributed by atoms with van der Waals surface area (Å²) in [4.78, 5) is 51.5. The van der Waals surface area contributed by atoms with Crippen LogP contribution in [0.15, 0.2) is 88.6 Å². The molecule has 4 unspecified atom stereocenters. The number of ether oxygens (including phenoxy) is 6. The van der Waals surface area contributed by atoms with E-state index in [0.29, 0.717) is 0 Å². The standard InChI is InChI=1S/C45H57N11O17P2/c1-9-17-62-38-32-36(49-42(51-38)53-44(58)64-19-11-3)55(26-47-32)40-28(7)34(30(24-57)70-40)72-75(61,67-22-14-6)69-25-31-35(73-74(60,66-21-13-5)68-23-15-16-46)29(8)41(71-31)56-27-48-33-37(56)50-43(52-39(33)63-18-10-2)54-45(59)65-20-12-4/h9-14,26-31,34-35,40-41,57H,1-6,15,17-25H2,7-8H3,(H,49,51,53,58)(H,50,52,54,59)/t28-,29-,30+,31+,34?,35?,40+,41+,74?,75?/m0/s1. The Labute approximate surface area is 430 Å². The van der Waals surface area contributed by atoms with E-state index in [4.69, 9.17) is 55.6 Å². The molecule has 4 aromatic rings. The Morgan fingerprint density at radius 1 is 0.680 bits per heavy atom. The maximum atomic E-state index is 14.9. The fourth-order valence-electron chi connectivity index (χ4n) is 7.43. The van der Waals surface area contributed by atoms with Gasteiger partial charge in [0.05, 0.1) is 58.2 Å². The number of amides is 2. The molecule has 28 nitrogen and oxygen atoms in total. The summed E-state index contributed by atoms with van der Waals surface area (Å²) in [6.07, 6.45) is 1.91. The minimum absolute atomic E-state index is 0.00471. The molecule has 10 atom stereocenters. The van der Waals surface area contributed by atoms with Gasteiger partial charge in [0.25, 0.3) is 0 Å². The molecule has 6 heterocycles. The second-order valence-electron chi connectivity index (χ2n) is 15.8. The largest absolute Gasteiger partial charge is 0.475 e. The molecule has 2 aliphatic heterocycles. The zero-order valence-corrected chi connectivity index (χ0v) is 42.7. The summed E-state index contributed by atoms with van der Waals surface area (Å²) in [5, 5.41) is 24.8. The second-order valence-corrected chi connectivity index (χ2v) is 19.1. The highest BCUT2D eigenvalue weighted by molar-refractivity contribution is 7.48. The molecule has 0 saturated carbocycles. The minimum atomic E-state index is -4.78. The molecule has 0 bridgehead atoms. The number of aliphatic hydroxyl groups excluding tert-OH is 1. The van der Waals surface area contributed by atoms with Crippen LogP contribution in [0, 0.1) is 23.2 Å². The van der Waals surface area contributed by atoms with Crippen molar-refractivity contribution >= 4 is 62.1 Å². The van der Waals surface area contributed by atoms with E-state index in [0.717, 1.165) is 0 Å². The molecule has 0 aromatic carbocycles. The van der Waals surface area contributed by atoms with Crippen LogP contribution in [0.4, 0.5) is 21.5 Å². The molecule has 3 N–H and O–H groups in total. The lowest BCUT2D eigenvalue weighted by atomic mass is 10.0. The zero-order chi connectivity index (χ0) is 54.1. The van der Waals surface area contributed by atoms with Crippen molar-refractivity contribution in [2.45, 2.75) is 57.1 Å². The lowest BCUT2D eigenvalue weighted by molar-refractivity contribution is -0.0584. The van der Waals surface area contributed by atoms with Crippen LogP contribution in [0.3, 0.4) is 0 Å². The molecule has 2 fully saturated rings. The van der Waals surface area contributed by atoms with Crippen LogP contribution in [0.25, 0.3) is 22.3 Å². The van der Waals surface area contributed by atoms with Crippen molar-refractivity contribution in [2.24, 2.45) is 11.8 Å². The lowest BCUT2D eigenvalue weighted by Crippen LogP contribution is -2.34. The topological polar surface area (TPSA) is 334 Å². The van der Waals surface area contributed by atoms with Gasteiger partial charge in [-0.05, 0) is 0 Å². The minimum Gasteiger partial charge on any atom is -0.472 e. The van der Waals surface area contributed by atoms with E-state index < -0.39 is 89.8 Å². The predicted molar refractivity (Wildman–Crippen MR) is 265 cm³/mol. The van der Waals surface area contributed by atoms with E-state index >= 15 is 0 Å². The SMILES string of the molecule is C=CCOC(=O)Nc1nc(OCC=C)c2ncn([C@@H]3O[C@H](CO)C(OP(=O)(OCC=C)OC[C@H]4O[C@@H](n5cnc6c(OCC=C)nc(NC(=O)OCC=C)nc65)[C@@H](C)C4OP(=O)(OCC=C)OCCC#N)[C@@H]3C)c2n1. The van der Waals surface area contributed by atoms with E-state index in [1.54, 1.807) is 13.8 Å². The average Bonchev–Trinajstić information content (AvgIpc) is 4.17. The molecule has 2 saturated heterocycles. The Balaban J connectivity index is 1.33. The van der Waals surface area contributed by atoms with Gasteiger partial charge in [-0.2, -0.15) is 25.2 Å². The van der Waals surface area contributed by atoms with Crippen LogP contribution >= 0.6 is 15.6 Å². The number of fused-ring (bicyclic) bond motifs is 2. The van der Waals surface area contributed by atoms with Crippen molar-refractivity contribution < 1.29 is 79.4 Å². The van der Waals surface area contributed by atoms with Crippen LogP contribution in [-0.2, 0) is 55.2 Å². The molecule has 0 radical (unpaired) electrons. The number of carbonyl (C=O) groups is 2. The number of nitrogens with zero attached hydrogens (tertiary/aromatic N) is 9. The number of nitrogens with one attached hydrogen (secondary N) is 2. The number of hydrogen-bond donors (Lipinski definition) is 3. The fraction of sp³-hybridized carbons (Fsp3) is 0.444. The van der Waals surface area contributed by atoms with Gasteiger partial charge in [-0.25, -0.2) is 28.7 Å². The highest BCUT2D eigenvalue weighted by Crippen LogP contribution is 2.57. The van der Waals surface area contributed by atoms with Crippen LogP contribution in [0.5, 0.6) is 11.8 Å². The quantitative estimate of drug-likeness (QED) is 0.0269. The number of hydrogen-bond acceptors (Lipinski definition) is 24. The first-order valence-electron chi connectivity index (χ1n) is 22.9. The Hall–Kier alpha value is -6.73. The molecule has 0 spiro atoms. The number of phosphoric ester groups is 2. The molecule has 6 rings (SSSR count). The van der Waals surface area contributed by atoms with Crippen LogP contribution in [0.2, 0.25) is 0 Å². The van der Waals surface area contributed by atoms with Gasteiger partial charge in [0, 0.05) is 11.8 Å². The van der Waals surface area contributed by atoms with Gasteiger partial charge < -0.3 is 33.5 Å². The summed E-state index contributed by atoms with van der Waals surface area (Å²) in [6, 6.07) is 1.90. The summed E-state index contributed by atoms with van der Waals surface area (Å²) >= 11 is 0. The van der Waals surface area contributed by atoms with Gasteiger partial charge in [-0.1, -0.05) is 76.6 Å². The average molecular weight is 1090 g/mol. The van der Waals surface area contributed by atoms with Crippen LogP contribution in [0.1, 0.15) is 32.7 Å². The van der Waals surface area contributed by atoms with Gasteiger partial charge in [-0.3, -0.25) is 46.9 Å². The van der Waals surface area contributed by atoms with E-state index in [1.807, 2.05) is 6.07 Å². The summed E-state index contributed by atoms with van der Waals surface area (Å²) in [6.45, 7) is 22.5. The highest BCUT2D eigenvalue weighted by atomic mass is 31.2. The number of carbonyl (C=O) groups excluding carboxylic acids is 2. The third-order valence-electron chi connectivity index (χ3n) is 10.6. The van der Waals surface area contributed by atoms with Gasteiger partial charge in [0.15, 0.2) is 22.3 Å². The van der Waals surface area contributed by atoms with Gasteiger partial charge in [-0.15, -0.1) is 13.2 Å². The molecule has 30 heteroatoms. The molecule has 75 heavy (non-hydrogen) atoms. The summed E-state index contributed by atoms with van der Waals surface area (Å²) in [5.74, 6) is -2.15. The number of aliphatic hydroxyl groups is 1. The zero-order valence-electron chi connectivity index (χ0n) is 40.9. The summed E-state index contributed by atoms with van der Waals surface area (Å²) in [7, 11) is -9.33. The lowest BCUT2D eigenvalue weighted by Gasteiger charge is -2.28. The fourth-order valence-corrected chi connectivity index (χ4v) is 10.3. The Bertz CT molecular complexity index is 2840. The third-order valence-corrected chi connectivity index (χ3v) is 13.5. The number of phosphoric acid groups is 2.